The van der Waals surface area contributed by atoms with E-state index in [0.717, 1.165) is 37.2 Å². The Kier molecular flexibility index (Phi) is 9.04. The highest BCUT2D eigenvalue weighted by Gasteiger charge is 2.25. The number of nitrogens with one attached hydrogen (secondary N) is 2. The van der Waals surface area contributed by atoms with E-state index in [1.807, 2.05) is 37.3 Å². The number of aromatic nitrogens is 1. The van der Waals surface area contributed by atoms with Gasteiger partial charge in [0, 0.05) is 40.4 Å². The quantitative estimate of drug-likeness (QED) is 0.348. The van der Waals surface area contributed by atoms with E-state index < -0.39 is 0 Å². The summed E-state index contributed by atoms with van der Waals surface area (Å²) >= 11 is 0. The Bertz CT molecular complexity index is 728. The van der Waals surface area contributed by atoms with Crippen molar-refractivity contribution in [2.45, 2.75) is 25.4 Å². The fourth-order valence-electron chi connectivity index (χ4n) is 3.36. The largest absolute Gasteiger partial charge is 0.468 e. The minimum absolute atomic E-state index is 0. The number of nitrogens with zero attached hydrogens (tertiary/aromatic N) is 4. The van der Waals surface area contributed by atoms with Crippen LogP contribution in [0.15, 0.2) is 46.1 Å². The van der Waals surface area contributed by atoms with Crippen LogP contribution in [-0.4, -0.2) is 56.6 Å². The molecule has 7 nitrogen and oxygen atoms in total. The lowest BCUT2D eigenvalue weighted by molar-refractivity contribution is 0.215. The fraction of sp³-hybridized carbons (Fsp3) is 0.500. The highest BCUT2D eigenvalue weighted by atomic mass is 127. The van der Waals surface area contributed by atoms with Gasteiger partial charge in [0.1, 0.15) is 11.6 Å². The van der Waals surface area contributed by atoms with Crippen molar-refractivity contribution < 1.29 is 4.42 Å². The van der Waals surface area contributed by atoms with E-state index in [1.54, 1.807) is 13.3 Å². The maximum Gasteiger partial charge on any atom is 0.191 e. The van der Waals surface area contributed by atoms with Crippen molar-refractivity contribution in [3.8, 4) is 0 Å². The number of likely N-dealkylation sites (tertiary alicyclic amines) is 1. The van der Waals surface area contributed by atoms with Gasteiger partial charge in [0.2, 0.25) is 0 Å². The average Bonchev–Trinajstić information content (AvgIpc) is 3.39. The standard InChI is InChI=1S/C20H30N6O.HI/c1-21-20(23-14-16-8-9-22-19(13-16)25(2)3)24-15-17(18-7-6-12-27-18)26-10-4-5-11-26;/h6-9,12-13,17H,4-5,10-11,14-15H2,1-3H3,(H2,21,23,24);1H. The second-order valence-electron chi connectivity index (χ2n) is 7.00. The predicted molar refractivity (Wildman–Crippen MR) is 124 cm³/mol. The summed E-state index contributed by atoms with van der Waals surface area (Å²) in [5.74, 6) is 2.74. The van der Waals surface area contributed by atoms with E-state index in [4.69, 9.17) is 4.42 Å². The van der Waals surface area contributed by atoms with Gasteiger partial charge in [-0.1, -0.05) is 0 Å². The zero-order chi connectivity index (χ0) is 19.1. The minimum atomic E-state index is 0. The van der Waals surface area contributed by atoms with Crippen LogP contribution in [0, 0.1) is 0 Å². The number of aliphatic imine (C=N–C) groups is 1. The van der Waals surface area contributed by atoms with E-state index in [2.05, 4.69) is 37.6 Å². The Hall–Kier alpha value is -1.81. The van der Waals surface area contributed by atoms with Crippen molar-refractivity contribution in [2.75, 3.05) is 45.7 Å². The molecule has 2 N–H and O–H groups in total. The van der Waals surface area contributed by atoms with E-state index in [0.29, 0.717) is 6.54 Å². The van der Waals surface area contributed by atoms with Crippen LogP contribution in [0.2, 0.25) is 0 Å². The van der Waals surface area contributed by atoms with Crippen molar-refractivity contribution in [1.82, 2.24) is 20.5 Å². The lowest BCUT2D eigenvalue weighted by Crippen LogP contribution is -2.42. The molecular formula is C20H31IN6O. The van der Waals surface area contributed by atoms with Gasteiger partial charge in [0.25, 0.3) is 0 Å². The number of hydrogen-bond donors (Lipinski definition) is 2. The Balaban J connectivity index is 0.00000280. The van der Waals surface area contributed by atoms with Gasteiger partial charge in [-0.3, -0.25) is 9.89 Å². The Morgan fingerprint density at radius 3 is 2.71 bits per heavy atom. The molecule has 1 saturated heterocycles. The number of halogens is 1. The fourth-order valence-corrected chi connectivity index (χ4v) is 3.36. The lowest BCUT2D eigenvalue weighted by atomic mass is 10.2. The normalized spacial score (nSPS) is 15.8. The molecular weight excluding hydrogens is 467 g/mol. The van der Waals surface area contributed by atoms with E-state index in [1.165, 1.54) is 18.4 Å². The second kappa shape index (κ2) is 11.3. The first kappa shape index (κ1) is 22.5. The summed E-state index contributed by atoms with van der Waals surface area (Å²) < 4.78 is 5.69. The topological polar surface area (TPSA) is 68.9 Å². The average molecular weight is 498 g/mol. The van der Waals surface area contributed by atoms with Gasteiger partial charge in [0.05, 0.1) is 12.3 Å². The van der Waals surface area contributed by atoms with Crippen molar-refractivity contribution >= 4 is 35.8 Å². The van der Waals surface area contributed by atoms with Crippen molar-refractivity contribution in [1.29, 1.82) is 0 Å². The molecule has 3 rings (SSSR count). The number of hydrogen-bond acceptors (Lipinski definition) is 5. The van der Waals surface area contributed by atoms with Crippen LogP contribution in [0.4, 0.5) is 5.82 Å². The van der Waals surface area contributed by atoms with Crippen molar-refractivity contribution in [2.24, 2.45) is 4.99 Å². The first-order valence-corrected chi connectivity index (χ1v) is 9.51. The van der Waals surface area contributed by atoms with Gasteiger partial charge in [-0.2, -0.15) is 0 Å². The van der Waals surface area contributed by atoms with E-state index in [9.17, 15) is 0 Å². The van der Waals surface area contributed by atoms with Gasteiger partial charge in [-0.05, 0) is 55.8 Å². The highest BCUT2D eigenvalue weighted by Crippen LogP contribution is 2.24. The van der Waals surface area contributed by atoms with Crippen LogP contribution in [0.5, 0.6) is 0 Å². The smallest absolute Gasteiger partial charge is 0.191 e. The summed E-state index contributed by atoms with van der Waals surface area (Å²) in [4.78, 5) is 13.2. The zero-order valence-corrected chi connectivity index (χ0v) is 19.2. The summed E-state index contributed by atoms with van der Waals surface area (Å²) in [7, 11) is 5.78. The van der Waals surface area contributed by atoms with Crippen molar-refractivity contribution in [3.05, 3.63) is 48.0 Å². The van der Waals surface area contributed by atoms with E-state index >= 15 is 0 Å². The molecule has 2 aromatic rings. The molecule has 1 fully saturated rings. The van der Waals surface area contributed by atoms with Gasteiger partial charge < -0.3 is 20.0 Å². The molecule has 0 amide bonds. The number of guanidine groups is 1. The summed E-state index contributed by atoms with van der Waals surface area (Å²) in [6, 6.07) is 8.33. The lowest BCUT2D eigenvalue weighted by Gasteiger charge is -2.26. The van der Waals surface area contributed by atoms with Crippen LogP contribution < -0.4 is 15.5 Å². The SMILES string of the molecule is CN=C(NCc1ccnc(N(C)C)c1)NCC(c1ccco1)N1CCCC1.I. The predicted octanol–water partition coefficient (Wildman–Crippen LogP) is 2.86. The maximum atomic E-state index is 5.69. The maximum absolute atomic E-state index is 5.69. The van der Waals surface area contributed by atoms with Gasteiger partial charge in [-0.25, -0.2) is 4.98 Å². The van der Waals surface area contributed by atoms with Gasteiger partial charge in [-0.15, -0.1) is 24.0 Å². The third-order valence-electron chi connectivity index (χ3n) is 4.87. The third kappa shape index (κ3) is 6.10. The molecule has 3 heterocycles. The molecule has 8 heteroatoms. The molecule has 1 atom stereocenters. The van der Waals surface area contributed by atoms with Crippen LogP contribution in [0.3, 0.4) is 0 Å². The molecule has 1 aliphatic rings. The number of pyridine rings is 1. The molecule has 0 aliphatic carbocycles. The molecule has 0 aromatic carbocycles. The Morgan fingerprint density at radius 2 is 2.07 bits per heavy atom. The molecule has 154 valence electrons. The van der Waals surface area contributed by atoms with Crippen LogP contribution >= 0.6 is 24.0 Å². The number of rotatable bonds is 7. The van der Waals surface area contributed by atoms with Crippen molar-refractivity contribution in [3.63, 3.8) is 0 Å². The van der Waals surface area contributed by atoms with E-state index in [-0.39, 0.29) is 30.0 Å². The molecule has 0 saturated carbocycles. The summed E-state index contributed by atoms with van der Waals surface area (Å²) in [5.41, 5.74) is 1.17. The first-order valence-electron chi connectivity index (χ1n) is 9.51. The molecule has 0 spiro atoms. The van der Waals surface area contributed by atoms with Gasteiger partial charge >= 0.3 is 0 Å². The van der Waals surface area contributed by atoms with Crippen LogP contribution in [0.1, 0.15) is 30.2 Å². The molecule has 2 aromatic heterocycles. The highest BCUT2D eigenvalue weighted by molar-refractivity contribution is 14.0. The molecule has 0 bridgehead atoms. The van der Waals surface area contributed by atoms with Crippen LogP contribution in [0.25, 0.3) is 0 Å². The Morgan fingerprint density at radius 1 is 1.29 bits per heavy atom. The van der Waals surface area contributed by atoms with Gasteiger partial charge in [0.15, 0.2) is 5.96 Å². The summed E-state index contributed by atoms with van der Waals surface area (Å²) in [5, 5.41) is 6.84. The molecule has 0 radical (unpaired) electrons. The first-order chi connectivity index (χ1) is 13.2. The Labute approximate surface area is 184 Å². The molecule has 1 unspecified atom stereocenters. The number of furan rings is 1. The summed E-state index contributed by atoms with van der Waals surface area (Å²) in [6.07, 6.45) is 6.08. The minimum Gasteiger partial charge on any atom is -0.468 e. The molecule has 28 heavy (non-hydrogen) atoms. The number of anilines is 1. The third-order valence-corrected chi connectivity index (χ3v) is 4.87. The monoisotopic (exact) mass is 498 g/mol. The van der Waals surface area contributed by atoms with Crippen LogP contribution in [-0.2, 0) is 6.54 Å². The zero-order valence-electron chi connectivity index (χ0n) is 16.9. The molecule has 1 aliphatic heterocycles. The summed E-state index contributed by atoms with van der Waals surface area (Å²) in [6.45, 7) is 3.68. The second-order valence-corrected chi connectivity index (χ2v) is 7.00.